The Morgan fingerprint density at radius 1 is 1.38 bits per heavy atom. The fourth-order valence-electron chi connectivity index (χ4n) is 1.77. The zero-order valence-corrected chi connectivity index (χ0v) is 8.81. The van der Waals surface area contributed by atoms with Gasteiger partial charge < -0.3 is 0 Å². The Kier molecular flexibility index (Phi) is 4.20. The smallest absolute Gasteiger partial charge is 0.158 e. The SMILES string of the molecule is CC(C)CC(=O)C1=CCCCCC1. The van der Waals surface area contributed by atoms with E-state index in [0.717, 1.165) is 24.8 Å². The van der Waals surface area contributed by atoms with Crippen molar-refractivity contribution in [2.75, 3.05) is 0 Å². The van der Waals surface area contributed by atoms with Gasteiger partial charge in [0.1, 0.15) is 0 Å². The van der Waals surface area contributed by atoms with Gasteiger partial charge in [0, 0.05) is 6.42 Å². The van der Waals surface area contributed by atoms with E-state index in [1.54, 1.807) is 0 Å². The van der Waals surface area contributed by atoms with Gasteiger partial charge in [-0.3, -0.25) is 4.79 Å². The number of hydrogen-bond acceptors (Lipinski definition) is 1. The van der Waals surface area contributed by atoms with Crippen molar-refractivity contribution in [2.24, 2.45) is 5.92 Å². The number of carbonyl (C=O) groups excluding carboxylic acids is 1. The minimum Gasteiger partial charge on any atom is -0.295 e. The third kappa shape index (κ3) is 3.75. The normalized spacial score (nSPS) is 18.2. The number of Topliss-reactive ketones (excluding diaryl/α,β-unsaturated/α-hetero) is 1. The van der Waals surface area contributed by atoms with Gasteiger partial charge in [-0.15, -0.1) is 0 Å². The lowest BCUT2D eigenvalue weighted by Gasteiger charge is -2.06. The van der Waals surface area contributed by atoms with Crippen molar-refractivity contribution >= 4 is 5.78 Å². The van der Waals surface area contributed by atoms with Crippen LogP contribution in [0.4, 0.5) is 0 Å². The third-order valence-corrected chi connectivity index (χ3v) is 2.49. The molecular weight excluding hydrogens is 160 g/mol. The Bertz CT molecular complexity index is 201. The van der Waals surface area contributed by atoms with Crippen molar-refractivity contribution in [3.05, 3.63) is 11.6 Å². The van der Waals surface area contributed by atoms with E-state index in [2.05, 4.69) is 19.9 Å². The van der Waals surface area contributed by atoms with Crippen LogP contribution in [-0.4, -0.2) is 5.78 Å². The molecule has 0 aromatic rings. The van der Waals surface area contributed by atoms with E-state index in [0.29, 0.717) is 11.7 Å². The van der Waals surface area contributed by atoms with Crippen LogP contribution in [0.5, 0.6) is 0 Å². The first-order valence-electron chi connectivity index (χ1n) is 5.42. The first-order valence-corrected chi connectivity index (χ1v) is 5.42. The summed E-state index contributed by atoms with van der Waals surface area (Å²) in [5, 5.41) is 0. The number of allylic oxidation sites excluding steroid dienone is 2. The van der Waals surface area contributed by atoms with Crippen LogP contribution in [0.25, 0.3) is 0 Å². The zero-order chi connectivity index (χ0) is 9.68. The molecule has 0 amide bonds. The van der Waals surface area contributed by atoms with Gasteiger partial charge in [-0.05, 0) is 37.2 Å². The number of hydrogen-bond donors (Lipinski definition) is 0. The lowest BCUT2D eigenvalue weighted by Crippen LogP contribution is -2.05. The summed E-state index contributed by atoms with van der Waals surface area (Å²) in [6.45, 7) is 4.21. The topological polar surface area (TPSA) is 17.1 Å². The van der Waals surface area contributed by atoms with E-state index >= 15 is 0 Å². The van der Waals surface area contributed by atoms with Gasteiger partial charge in [-0.25, -0.2) is 0 Å². The largest absolute Gasteiger partial charge is 0.295 e. The summed E-state index contributed by atoms with van der Waals surface area (Å²) in [6.07, 6.45) is 8.78. The van der Waals surface area contributed by atoms with Gasteiger partial charge in [0.15, 0.2) is 5.78 Å². The Morgan fingerprint density at radius 3 is 2.85 bits per heavy atom. The Labute approximate surface area is 81.2 Å². The van der Waals surface area contributed by atoms with Gasteiger partial charge in [0.25, 0.3) is 0 Å². The van der Waals surface area contributed by atoms with Crippen LogP contribution in [0.3, 0.4) is 0 Å². The summed E-state index contributed by atoms with van der Waals surface area (Å²) < 4.78 is 0. The van der Waals surface area contributed by atoms with Gasteiger partial charge in [0.2, 0.25) is 0 Å². The Balaban J connectivity index is 2.48. The molecule has 0 heterocycles. The standard InChI is InChI=1S/C12H20O/c1-10(2)9-12(13)11-7-5-3-4-6-8-11/h7,10H,3-6,8-9H2,1-2H3. The van der Waals surface area contributed by atoms with E-state index in [4.69, 9.17) is 0 Å². The average molecular weight is 180 g/mol. The highest BCUT2D eigenvalue weighted by Gasteiger charge is 2.12. The number of rotatable bonds is 3. The second-order valence-electron chi connectivity index (χ2n) is 4.35. The van der Waals surface area contributed by atoms with Crippen LogP contribution in [0.1, 0.15) is 52.4 Å². The van der Waals surface area contributed by atoms with Crippen LogP contribution in [0, 0.1) is 5.92 Å². The minimum atomic E-state index is 0.386. The molecule has 0 unspecified atom stereocenters. The zero-order valence-electron chi connectivity index (χ0n) is 8.81. The van der Waals surface area contributed by atoms with Crippen LogP contribution in [0.2, 0.25) is 0 Å². The highest BCUT2D eigenvalue weighted by atomic mass is 16.1. The molecule has 74 valence electrons. The molecule has 13 heavy (non-hydrogen) atoms. The molecule has 0 saturated carbocycles. The molecule has 1 rings (SSSR count). The molecule has 0 radical (unpaired) electrons. The molecule has 0 N–H and O–H groups in total. The van der Waals surface area contributed by atoms with Crippen LogP contribution >= 0.6 is 0 Å². The van der Waals surface area contributed by atoms with Crippen LogP contribution in [-0.2, 0) is 4.79 Å². The van der Waals surface area contributed by atoms with Crippen molar-refractivity contribution in [1.82, 2.24) is 0 Å². The number of ketones is 1. The van der Waals surface area contributed by atoms with Crippen molar-refractivity contribution in [3.8, 4) is 0 Å². The summed E-state index contributed by atoms with van der Waals surface area (Å²) in [5.41, 5.74) is 1.10. The van der Waals surface area contributed by atoms with E-state index in [1.165, 1.54) is 19.3 Å². The molecule has 0 saturated heterocycles. The molecule has 0 aromatic carbocycles. The fraction of sp³-hybridized carbons (Fsp3) is 0.750. The molecule has 0 spiro atoms. The lowest BCUT2D eigenvalue weighted by molar-refractivity contribution is -0.116. The summed E-state index contributed by atoms with van der Waals surface area (Å²) in [6, 6.07) is 0. The Hall–Kier alpha value is -0.590. The minimum absolute atomic E-state index is 0.386. The summed E-state index contributed by atoms with van der Waals surface area (Å²) in [7, 11) is 0. The van der Waals surface area contributed by atoms with Gasteiger partial charge in [0.05, 0.1) is 0 Å². The highest BCUT2D eigenvalue weighted by molar-refractivity contribution is 5.95. The highest BCUT2D eigenvalue weighted by Crippen LogP contribution is 2.20. The molecule has 0 aliphatic heterocycles. The summed E-state index contributed by atoms with van der Waals surface area (Å²) in [5.74, 6) is 0.883. The quantitative estimate of drug-likeness (QED) is 0.649. The van der Waals surface area contributed by atoms with E-state index in [1.807, 2.05) is 0 Å². The summed E-state index contributed by atoms with van der Waals surface area (Å²) in [4.78, 5) is 11.7. The molecule has 0 aromatic heterocycles. The second kappa shape index (κ2) is 5.21. The third-order valence-electron chi connectivity index (χ3n) is 2.49. The van der Waals surface area contributed by atoms with Crippen molar-refractivity contribution < 1.29 is 4.79 Å². The van der Waals surface area contributed by atoms with Crippen LogP contribution < -0.4 is 0 Å². The molecule has 1 aliphatic rings. The molecule has 1 nitrogen and oxygen atoms in total. The maximum atomic E-state index is 11.7. The van der Waals surface area contributed by atoms with Crippen molar-refractivity contribution in [1.29, 1.82) is 0 Å². The fourth-order valence-corrected chi connectivity index (χ4v) is 1.77. The molecule has 1 heteroatoms. The summed E-state index contributed by atoms with van der Waals surface area (Å²) >= 11 is 0. The van der Waals surface area contributed by atoms with E-state index < -0.39 is 0 Å². The first kappa shape index (κ1) is 10.5. The van der Waals surface area contributed by atoms with Gasteiger partial charge in [-0.2, -0.15) is 0 Å². The predicted molar refractivity (Wildman–Crippen MR) is 55.6 cm³/mol. The van der Waals surface area contributed by atoms with Crippen LogP contribution in [0.15, 0.2) is 11.6 Å². The van der Waals surface area contributed by atoms with E-state index in [9.17, 15) is 4.79 Å². The maximum Gasteiger partial charge on any atom is 0.158 e. The first-order chi connectivity index (χ1) is 6.20. The maximum absolute atomic E-state index is 11.7. The monoisotopic (exact) mass is 180 g/mol. The van der Waals surface area contributed by atoms with E-state index in [-0.39, 0.29) is 0 Å². The predicted octanol–water partition coefficient (Wildman–Crippen LogP) is 3.49. The second-order valence-corrected chi connectivity index (χ2v) is 4.35. The molecule has 1 aliphatic carbocycles. The number of carbonyl (C=O) groups is 1. The van der Waals surface area contributed by atoms with Gasteiger partial charge >= 0.3 is 0 Å². The molecular formula is C12H20O. The van der Waals surface area contributed by atoms with Crippen molar-refractivity contribution in [3.63, 3.8) is 0 Å². The molecule has 0 atom stereocenters. The average Bonchev–Trinajstić information content (AvgIpc) is 2.29. The Morgan fingerprint density at radius 2 is 2.15 bits per heavy atom. The van der Waals surface area contributed by atoms with Gasteiger partial charge in [-0.1, -0.05) is 26.3 Å². The lowest BCUT2D eigenvalue weighted by atomic mass is 9.98. The molecule has 0 bridgehead atoms. The molecule has 0 fully saturated rings. The van der Waals surface area contributed by atoms with Crippen molar-refractivity contribution in [2.45, 2.75) is 52.4 Å².